The van der Waals surface area contributed by atoms with E-state index in [1.165, 1.54) is 0 Å². The van der Waals surface area contributed by atoms with Gasteiger partial charge in [0.15, 0.2) is 5.96 Å². The summed E-state index contributed by atoms with van der Waals surface area (Å²) in [6, 6.07) is 0. The van der Waals surface area contributed by atoms with Crippen LogP contribution < -0.4 is 10.6 Å². The zero-order valence-corrected chi connectivity index (χ0v) is 18.9. The summed E-state index contributed by atoms with van der Waals surface area (Å²) in [6.45, 7) is 16.5. The lowest BCUT2D eigenvalue weighted by Crippen LogP contribution is -2.45. The van der Waals surface area contributed by atoms with Crippen LogP contribution in [0.1, 0.15) is 41.5 Å². The molecule has 5 nitrogen and oxygen atoms in total. The molecule has 6 heteroatoms. The number of nitrogens with zero attached hydrogens (tertiary/aromatic N) is 2. The van der Waals surface area contributed by atoms with E-state index in [9.17, 15) is 0 Å². The number of halogens is 1. The van der Waals surface area contributed by atoms with E-state index in [0.717, 1.165) is 32.1 Å². The molecule has 0 saturated carbocycles. The van der Waals surface area contributed by atoms with E-state index in [4.69, 9.17) is 9.73 Å². The van der Waals surface area contributed by atoms with Crippen LogP contribution >= 0.6 is 24.0 Å². The fourth-order valence-corrected chi connectivity index (χ4v) is 2.47. The number of hydrogen-bond donors (Lipinski definition) is 2. The first-order chi connectivity index (χ1) is 10.0. The van der Waals surface area contributed by atoms with Crippen molar-refractivity contribution in [3.63, 3.8) is 0 Å². The van der Waals surface area contributed by atoms with Crippen molar-refractivity contribution >= 4 is 29.9 Å². The Morgan fingerprint density at radius 1 is 1.13 bits per heavy atom. The maximum Gasteiger partial charge on any atom is 0.191 e. The minimum atomic E-state index is 0. The van der Waals surface area contributed by atoms with E-state index >= 15 is 0 Å². The minimum Gasteiger partial charge on any atom is -0.379 e. The van der Waals surface area contributed by atoms with E-state index in [2.05, 4.69) is 71.2 Å². The first-order valence-corrected chi connectivity index (χ1v) is 8.21. The van der Waals surface area contributed by atoms with Gasteiger partial charge in [-0.2, -0.15) is 0 Å². The summed E-state index contributed by atoms with van der Waals surface area (Å²) in [4.78, 5) is 6.94. The van der Waals surface area contributed by atoms with Crippen LogP contribution in [0.3, 0.4) is 0 Å². The predicted molar refractivity (Wildman–Crippen MR) is 112 cm³/mol. The van der Waals surface area contributed by atoms with Gasteiger partial charge in [0.1, 0.15) is 0 Å². The average molecular weight is 442 g/mol. The van der Waals surface area contributed by atoms with E-state index in [0.29, 0.717) is 0 Å². The molecule has 0 aromatic carbocycles. The predicted octanol–water partition coefficient (Wildman–Crippen LogP) is 2.81. The van der Waals surface area contributed by atoms with Crippen molar-refractivity contribution in [1.29, 1.82) is 0 Å². The lowest BCUT2D eigenvalue weighted by atomic mass is 9.89. The summed E-state index contributed by atoms with van der Waals surface area (Å²) in [6.07, 6.45) is 0.145. The Kier molecular flexibility index (Phi) is 12.5. The molecule has 1 unspecified atom stereocenters. The quantitative estimate of drug-likeness (QED) is 0.345. The summed E-state index contributed by atoms with van der Waals surface area (Å²) in [5, 5.41) is 6.71. The molecule has 0 amide bonds. The lowest BCUT2D eigenvalue weighted by molar-refractivity contribution is 0.0205. The Hall–Kier alpha value is -0.0800. The SMILES string of the molecule is CCNC(=NCC(C)(C)CN(C)C)NCC(OC)C(C)(C)C.I. The summed E-state index contributed by atoms with van der Waals surface area (Å²) >= 11 is 0. The number of nitrogens with one attached hydrogen (secondary N) is 2. The number of hydrogen-bond acceptors (Lipinski definition) is 3. The molecule has 0 spiro atoms. The normalized spacial score (nSPS) is 14.4. The van der Waals surface area contributed by atoms with Gasteiger partial charge in [0.05, 0.1) is 6.10 Å². The topological polar surface area (TPSA) is 48.9 Å². The second-order valence-electron chi connectivity index (χ2n) is 8.07. The number of aliphatic imine (C=N–C) groups is 1. The fourth-order valence-electron chi connectivity index (χ4n) is 2.47. The molecule has 0 aromatic rings. The second kappa shape index (κ2) is 11.5. The fraction of sp³-hybridized carbons (Fsp3) is 0.941. The van der Waals surface area contributed by atoms with Crippen LogP contribution in [0.4, 0.5) is 0 Å². The largest absolute Gasteiger partial charge is 0.379 e. The van der Waals surface area contributed by atoms with Gasteiger partial charge in [0, 0.05) is 33.3 Å². The molecule has 0 bridgehead atoms. The molecule has 0 fully saturated rings. The van der Waals surface area contributed by atoms with E-state index in [1.807, 2.05) is 0 Å². The molecule has 0 aliphatic carbocycles. The minimum absolute atomic E-state index is 0. The molecule has 2 N–H and O–H groups in total. The standard InChI is InChI=1S/C17H38N4O.HI/c1-10-18-15(19-11-14(22-9)16(2,3)4)20-12-17(5,6)13-21(7)8;/h14H,10-13H2,1-9H3,(H2,18,19,20);1H. The zero-order chi connectivity index (χ0) is 17.4. The highest BCUT2D eigenvalue weighted by molar-refractivity contribution is 14.0. The third-order valence-corrected chi connectivity index (χ3v) is 3.46. The summed E-state index contributed by atoms with van der Waals surface area (Å²) in [5.41, 5.74) is 0.250. The van der Waals surface area contributed by atoms with Crippen molar-refractivity contribution in [3.8, 4) is 0 Å². The number of rotatable bonds is 8. The molecule has 0 aromatic heterocycles. The smallest absolute Gasteiger partial charge is 0.191 e. The molecule has 23 heavy (non-hydrogen) atoms. The van der Waals surface area contributed by atoms with E-state index in [1.54, 1.807) is 7.11 Å². The molecule has 0 aliphatic heterocycles. The van der Waals surface area contributed by atoms with E-state index < -0.39 is 0 Å². The van der Waals surface area contributed by atoms with Gasteiger partial charge in [-0.3, -0.25) is 4.99 Å². The van der Waals surface area contributed by atoms with Crippen molar-refractivity contribution in [3.05, 3.63) is 0 Å². The molecule has 0 rings (SSSR count). The van der Waals surface area contributed by atoms with Crippen LogP contribution in [0.25, 0.3) is 0 Å². The summed E-state index contributed by atoms with van der Waals surface area (Å²) < 4.78 is 5.59. The van der Waals surface area contributed by atoms with Crippen molar-refractivity contribution in [2.24, 2.45) is 15.8 Å². The highest BCUT2D eigenvalue weighted by Gasteiger charge is 2.24. The molecule has 0 radical (unpaired) electrons. The number of guanidine groups is 1. The third kappa shape index (κ3) is 12.0. The highest BCUT2D eigenvalue weighted by Crippen LogP contribution is 2.21. The molecule has 1 atom stereocenters. The van der Waals surface area contributed by atoms with Gasteiger partial charge in [0.25, 0.3) is 0 Å². The monoisotopic (exact) mass is 442 g/mol. The average Bonchev–Trinajstić information content (AvgIpc) is 2.33. The number of methoxy groups -OCH3 is 1. The second-order valence-corrected chi connectivity index (χ2v) is 8.07. The van der Waals surface area contributed by atoms with Crippen molar-refractivity contribution in [2.45, 2.75) is 47.6 Å². The van der Waals surface area contributed by atoms with Crippen LogP contribution in [0, 0.1) is 10.8 Å². The molecular weight excluding hydrogens is 403 g/mol. The Bertz CT molecular complexity index is 338. The first kappa shape index (κ1) is 25.2. The van der Waals surface area contributed by atoms with Crippen LogP contribution in [-0.4, -0.2) is 64.3 Å². The Balaban J connectivity index is 0. The Morgan fingerprint density at radius 2 is 1.70 bits per heavy atom. The summed E-state index contributed by atoms with van der Waals surface area (Å²) in [7, 11) is 5.96. The van der Waals surface area contributed by atoms with Gasteiger partial charge >= 0.3 is 0 Å². The maximum atomic E-state index is 5.59. The van der Waals surface area contributed by atoms with E-state index in [-0.39, 0.29) is 40.9 Å². The van der Waals surface area contributed by atoms with Gasteiger partial charge in [-0.15, -0.1) is 24.0 Å². The molecule has 140 valence electrons. The third-order valence-electron chi connectivity index (χ3n) is 3.46. The number of ether oxygens (including phenoxy) is 1. The Labute approximate surface area is 161 Å². The van der Waals surface area contributed by atoms with Crippen molar-refractivity contribution in [2.75, 3.05) is 47.4 Å². The van der Waals surface area contributed by atoms with Gasteiger partial charge < -0.3 is 20.3 Å². The van der Waals surface area contributed by atoms with Crippen LogP contribution in [0.15, 0.2) is 4.99 Å². The Morgan fingerprint density at radius 3 is 2.09 bits per heavy atom. The molecule has 0 aliphatic rings. The summed E-state index contributed by atoms with van der Waals surface area (Å²) in [5.74, 6) is 0.862. The van der Waals surface area contributed by atoms with Gasteiger partial charge in [-0.25, -0.2) is 0 Å². The maximum absolute atomic E-state index is 5.59. The molecule has 0 heterocycles. The molecular formula is C17H39IN4O. The van der Waals surface area contributed by atoms with Crippen molar-refractivity contribution < 1.29 is 4.74 Å². The van der Waals surface area contributed by atoms with Gasteiger partial charge in [-0.1, -0.05) is 34.6 Å². The highest BCUT2D eigenvalue weighted by atomic mass is 127. The van der Waals surface area contributed by atoms with Crippen LogP contribution in [0.5, 0.6) is 0 Å². The lowest BCUT2D eigenvalue weighted by Gasteiger charge is -2.30. The molecule has 0 saturated heterocycles. The van der Waals surface area contributed by atoms with Gasteiger partial charge in [0.2, 0.25) is 0 Å². The van der Waals surface area contributed by atoms with Gasteiger partial charge in [-0.05, 0) is 31.8 Å². The van der Waals surface area contributed by atoms with Crippen LogP contribution in [-0.2, 0) is 4.74 Å². The van der Waals surface area contributed by atoms with Crippen LogP contribution in [0.2, 0.25) is 0 Å². The first-order valence-electron chi connectivity index (χ1n) is 8.21. The van der Waals surface area contributed by atoms with Crippen molar-refractivity contribution in [1.82, 2.24) is 15.5 Å². The zero-order valence-electron chi connectivity index (χ0n) is 16.6.